The molecule has 1 N–H and O–H groups in total. The molecule has 1 aromatic heterocycles. The lowest BCUT2D eigenvalue weighted by Gasteiger charge is -2.26. The van der Waals surface area contributed by atoms with Gasteiger partial charge in [-0.25, -0.2) is 14.6 Å². The molecule has 3 aromatic rings. The van der Waals surface area contributed by atoms with Crippen molar-refractivity contribution in [2.75, 3.05) is 25.6 Å². The number of ether oxygens (including phenoxy) is 2. The highest BCUT2D eigenvalue weighted by Crippen LogP contribution is 2.32. The van der Waals surface area contributed by atoms with Crippen LogP contribution < -0.4 is 24.5 Å². The lowest BCUT2D eigenvalue weighted by atomic mass is 9.95. The molecule has 1 atom stereocenters. The highest BCUT2D eigenvalue weighted by molar-refractivity contribution is 7.07. The van der Waals surface area contributed by atoms with Crippen molar-refractivity contribution in [1.82, 2.24) is 4.57 Å². The van der Waals surface area contributed by atoms with E-state index in [9.17, 15) is 14.4 Å². The number of benzene rings is 2. The Labute approximate surface area is 223 Å². The van der Waals surface area contributed by atoms with Crippen molar-refractivity contribution < 1.29 is 24.2 Å². The largest absolute Gasteiger partial charge is 0.482 e. The number of thiazole rings is 1. The van der Waals surface area contributed by atoms with E-state index in [2.05, 4.69) is 4.99 Å². The summed E-state index contributed by atoms with van der Waals surface area (Å²) in [7, 11) is 3.89. The summed E-state index contributed by atoms with van der Waals surface area (Å²) in [6.45, 7) is 4.88. The van der Waals surface area contributed by atoms with E-state index >= 15 is 0 Å². The van der Waals surface area contributed by atoms with Crippen molar-refractivity contribution in [3.05, 3.63) is 90.6 Å². The van der Waals surface area contributed by atoms with Crippen LogP contribution in [-0.4, -0.2) is 48.4 Å². The van der Waals surface area contributed by atoms with Crippen LogP contribution in [0.3, 0.4) is 0 Å². The number of allylic oxidation sites excluding steroid dienone is 1. The molecular formula is C28H29N3O6S. The van der Waals surface area contributed by atoms with Crippen molar-refractivity contribution in [2.45, 2.75) is 32.9 Å². The van der Waals surface area contributed by atoms with Gasteiger partial charge in [-0.15, -0.1) is 0 Å². The molecular weight excluding hydrogens is 506 g/mol. The number of rotatable bonds is 8. The van der Waals surface area contributed by atoms with Gasteiger partial charge in [0.2, 0.25) is 0 Å². The second kappa shape index (κ2) is 11.1. The van der Waals surface area contributed by atoms with E-state index in [0.29, 0.717) is 26.4 Å². The summed E-state index contributed by atoms with van der Waals surface area (Å²) in [4.78, 5) is 44.7. The monoisotopic (exact) mass is 535 g/mol. The van der Waals surface area contributed by atoms with Gasteiger partial charge in [0.1, 0.15) is 5.75 Å². The van der Waals surface area contributed by atoms with E-state index in [1.165, 1.54) is 11.3 Å². The molecule has 1 aliphatic heterocycles. The van der Waals surface area contributed by atoms with Crippen LogP contribution in [0, 0.1) is 0 Å². The molecule has 1 aliphatic rings. The average molecular weight is 536 g/mol. The summed E-state index contributed by atoms with van der Waals surface area (Å²) in [5, 5.41) is 8.78. The highest BCUT2D eigenvalue weighted by atomic mass is 32.1. The summed E-state index contributed by atoms with van der Waals surface area (Å²) < 4.78 is 12.7. The first-order chi connectivity index (χ1) is 18.0. The number of esters is 1. The summed E-state index contributed by atoms with van der Waals surface area (Å²) >= 11 is 1.24. The Morgan fingerprint density at radius 1 is 1.13 bits per heavy atom. The fourth-order valence-electron chi connectivity index (χ4n) is 4.09. The number of carboxylic acids is 1. The first-order valence-electron chi connectivity index (χ1n) is 12.0. The van der Waals surface area contributed by atoms with Crippen LogP contribution in [0.1, 0.15) is 37.9 Å². The van der Waals surface area contributed by atoms with Crippen molar-refractivity contribution in [3.8, 4) is 5.75 Å². The van der Waals surface area contributed by atoms with Gasteiger partial charge in [-0.3, -0.25) is 9.36 Å². The number of nitrogens with zero attached hydrogens (tertiary/aromatic N) is 3. The minimum absolute atomic E-state index is 0.274. The maximum absolute atomic E-state index is 13.7. The second-order valence-electron chi connectivity index (χ2n) is 9.27. The number of hydrogen-bond acceptors (Lipinski definition) is 8. The van der Waals surface area contributed by atoms with Gasteiger partial charge in [-0.05, 0) is 62.2 Å². The zero-order chi connectivity index (χ0) is 27.6. The van der Waals surface area contributed by atoms with Crippen LogP contribution in [0.2, 0.25) is 0 Å². The third-order valence-corrected chi connectivity index (χ3v) is 6.83. The molecule has 38 heavy (non-hydrogen) atoms. The molecule has 2 aromatic carbocycles. The van der Waals surface area contributed by atoms with Crippen LogP contribution in [-0.2, 0) is 14.3 Å². The summed E-state index contributed by atoms with van der Waals surface area (Å²) in [5.74, 6) is -1.15. The molecule has 0 spiro atoms. The molecule has 0 fully saturated rings. The number of hydrogen-bond donors (Lipinski definition) is 1. The van der Waals surface area contributed by atoms with Crippen LogP contribution in [0.25, 0.3) is 6.08 Å². The van der Waals surface area contributed by atoms with Crippen LogP contribution in [0.4, 0.5) is 5.69 Å². The van der Waals surface area contributed by atoms with Crippen molar-refractivity contribution in [3.63, 3.8) is 0 Å². The Balaban J connectivity index is 1.81. The SMILES string of the molecule is CC1=C(C(=O)OC(C)C)C(c2ccc(N(C)C)cc2)n2c(s/c(=C\c3ccc(OCC(=O)O)cc3)c2=O)=N1. The number of carboxylic acid groups (broad SMARTS) is 1. The van der Waals surface area contributed by atoms with E-state index in [0.717, 1.165) is 16.8 Å². The van der Waals surface area contributed by atoms with E-state index in [4.69, 9.17) is 14.6 Å². The van der Waals surface area contributed by atoms with Gasteiger partial charge in [-0.2, -0.15) is 0 Å². The van der Waals surface area contributed by atoms with Crippen molar-refractivity contribution in [1.29, 1.82) is 0 Å². The zero-order valence-electron chi connectivity index (χ0n) is 21.8. The van der Waals surface area contributed by atoms with E-state index in [1.807, 2.05) is 43.3 Å². The molecule has 10 heteroatoms. The predicted octanol–water partition coefficient (Wildman–Crippen LogP) is 2.72. The Bertz CT molecular complexity index is 1560. The van der Waals surface area contributed by atoms with Gasteiger partial charge in [0, 0.05) is 19.8 Å². The maximum Gasteiger partial charge on any atom is 0.341 e. The third kappa shape index (κ3) is 5.70. The molecule has 4 rings (SSSR count). The number of carbonyl (C=O) groups excluding carboxylic acids is 1. The first kappa shape index (κ1) is 26.9. The predicted molar refractivity (Wildman–Crippen MR) is 145 cm³/mol. The lowest BCUT2D eigenvalue weighted by Crippen LogP contribution is -2.40. The van der Waals surface area contributed by atoms with Crippen LogP contribution in [0.5, 0.6) is 5.75 Å². The molecule has 0 saturated heterocycles. The molecule has 0 radical (unpaired) electrons. The summed E-state index contributed by atoms with van der Waals surface area (Å²) in [6.07, 6.45) is 1.41. The number of aliphatic carboxylic acids is 1. The molecule has 0 amide bonds. The number of carbonyl (C=O) groups is 2. The zero-order valence-corrected chi connectivity index (χ0v) is 22.6. The molecule has 0 saturated carbocycles. The molecule has 2 heterocycles. The third-order valence-electron chi connectivity index (χ3n) is 5.85. The summed E-state index contributed by atoms with van der Waals surface area (Å²) in [6, 6.07) is 13.8. The Morgan fingerprint density at radius 2 is 1.79 bits per heavy atom. The normalized spacial score (nSPS) is 15.2. The fourth-order valence-corrected chi connectivity index (χ4v) is 5.13. The van der Waals surface area contributed by atoms with Gasteiger partial charge in [-0.1, -0.05) is 35.6 Å². The second-order valence-corrected chi connectivity index (χ2v) is 10.3. The van der Waals surface area contributed by atoms with Crippen molar-refractivity contribution >= 4 is 35.0 Å². The van der Waals surface area contributed by atoms with E-state index < -0.39 is 24.6 Å². The molecule has 0 bridgehead atoms. The van der Waals surface area contributed by atoms with Gasteiger partial charge in [0.05, 0.1) is 27.9 Å². The van der Waals surface area contributed by atoms with Crippen LogP contribution in [0.15, 0.2) is 69.6 Å². The Hall–Kier alpha value is -4.18. The first-order valence-corrected chi connectivity index (χ1v) is 12.8. The van der Waals surface area contributed by atoms with Gasteiger partial charge < -0.3 is 19.5 Å². The number of fused-ring (bicyclic) bond motifs is 1. The maximum atomic E-state index is 13.7. The topological polar surface area (TPSA) is 110 Å². The Morgan fingerprint density at radius 3 is 2.37 bits per heavy atom. The number of aromatic nitrogens is 1. The van der Waals surface area contributed by atoms with Gasteiger partial charge in [0.15, 0.2) is 11.4 Å². The summed E-state index contributed by atoms with van der Waals surface area (Å²) in [5.41, 5.74) is 3.06. The molecule has 9 nitrogen and oxygen atoms in total. The van der Waals surface area contributed by atoms with Gasteiger partial charge in [0.25, 0.3) is 5.56 Å². The van der Waals surface area contributed by atoms with Crippen molar-refractivity contribution in [2.24, 2.45) is 4.99 Å². The standard InChI is InChI=1S/C28H29N3O6S/c1-16(2)37-27(35)24-17(3)29-28-31(25(24)19-8-10-20(11-9-19)30(4)5)26(34)22(38-28)14-18-6-12-21(13-7-18)36-15-23(32)33/h6-14,16,25H,15H2,1-5H3,(H,32,33)/b22-14-. The van der Waals surface area contributed by atoms with E-state index in [1.54, 1.807) is 55.7 Å². The Kier molecular flexibility index (Phi) is 7.82. The highest BCUT2D eigenvalue weighted by Gasteiger charge is 2.33. The fraction of sp³-hybridized carbons (Fsp3) is 0.286. The van der Waals surface area contributed by atoms with E-state index in [-0.39, 0.29) is 11.7 Å². The molecule has 1 unspecified atom stereocenters. The molecule has 0 aliphatic carbocycles. The molecule has 198 valence electrons. The average Bonchev–Trinajstić information content (AvgIpc) is 3.16. The van der Waals surface area contributed by atoms with Gasteiger partial charge >= 0.3 is 11.9 Å². The minimum atomic E-state index is -1.06. The number of anilines is 1. The lowest BCUT2D eigenvalue weighted by molar-refractivity contribution is -0.143. The smallest absolute Gasteiger partial charge is 0.341 e. The quantitative estimate of drug-likeness (QED) is 0.442. The van der Waals surface area contributed by atoms with Crippen LogP contribution >= 0.6 is 11.3 Å². The minimum Gasteiger partial charge on any atom is -0.482 e.